The average molecular weight is 466 g/mol. The van der Waals surface area contributed by atoms with E-state index in [0.29, 0.717) is 12.3 Å². The molecule has 0 aromatic heterocycles. The third kappa shape index (κ3) is 6.75. The van der Waals surface area contributed by atoms with E-state index in [1.54, 1.807) is 0 Å². The molecule has 0 spiro atoms. The molecule has 1 heterocycles. The molecule has 1 aromatic carbocycles. The number of nitrogens with one attached hydrogen (secondary N) is 1. The van der Waals surface area contributed by atoms with Crippen LogP contribution in [0.4, 0.5) is 0 Å². The van der Waals surface area contributed by atoms with E-state index in [4.69, 9.17) is 14.2 Å². The van der Waals surface area contributed by atoms with Crippen LogP contribution in [0, 0.1) is 0 Å². The summed E-state index contributed by atoms with van der Waals surface area (Å²) in [5.41, 5.74) is 2.03. The van der Waals surface area contributed by atoms with E-state index in [1.165, 1.54) is 5.57 Å². The molecule has 33 heavy (non-hydrogen) atoms. The second kappa shape index (κ2) is 10.9. The highest BCUT2D eigenvalue weighted by molar-refractivity contribution is 5.73. The predicted molar refractivity (Wildman–Crippen MR) is 121 cm³/mol. The van der Waals surface area contributed by atoms with Crippen LogP contribution in [-0.4, -0.2) is 81.9 Å². The zero-order chi connectivity index (χ0) is 24.2. The largest absolute Gasteiger partial charge is 0.490 e. The van der Waals surface area contributed by atoms with Gasteiger partial charge < -0.3 is 40.0 Å². The topological polar surface area (TPSA) is 138 Å². The molecule has 2 aliphatic rings. The summed E-state index contributed by atoms with van der Waals surface area (Å²) in [6.45, 7) is 6.37. The molecule has 0 bridgehead atoms. The van der Waals surface area contributed by atoms with E-state index in [2.05, 4.69) is 11.4 Å². The van der Waals surface area contributed by atoms with Crippen molar-refractivity contribution in [2.24, 2.45) is 0 Å². The fraction of sp³-hybridized carbons (Fsp3) is 0.625. The van der Waals surface area contributed by atoms with Gasteiger partial charge in [-0.2, -0.15) is 0 Å². The summed E-state index contributed by atoms with van der Waals surface area (Å²) in [7, 11) is 0. The second-order valence-corrected chi connectivity index (χ2v) is 9.55. The van der Waals surface area contributed by atoms with Gasteiger partial charge in [0, 0.05) is 17.6 Å². The van der Waals surface area contributed by atoms with Crippen LogP contribution in [0.15, 0.2) is 30.3 Å². The predicted octanol–water partition coefficient (Wildman–Crippen LogP) is 1.30. The monoisotopic (exact) mass is 465 g/mol. The number of ether oxygens (including phenoxy) is 3. The van der Waals surface area contributed by atoms with E-state index < -0.39 is 42.8 Å². The molecule has 5 N–H and O–H groups in total. The van der Waals surface area contributed by atoms with Crippen LogP contribution in [0.2, 0.25) is 0 Å². The molecule has 3 rings (SSSR count). The normalized spacial score (nSPS) is 28.9. The standard InChI is InChI=1S/C24H35NO8/c1-24(2,3)25-12-15(32-23-20(28)18(26)19(27)21(33-23)22(29)30)13-31-17-11-7-6-10-16(17)14-8-4-5-9-14/h6-8,10-11,15,18-21,23,25-28H,4-5,9,12-13H2,1-3H3,(H,29,30)/t15-,18+,19+,20-,21+,23+/m1/s1. The van der Waals surface area contributed by atoms with Gasteiger partial charge in [-0.05, 0) is 51.7 Å². The van der Waals surface area contributed by atoms with Crippen molar-refractivity contribution in [1.82, 2.24) is 5.32 Å². The van der Waals surface area contributed by atoms with Crippen LogP contribution < -0.4 is 10.1 Å². The molecule has 6 atom stereocenters. The van der Waals surface area contributed by atoms with Gasteiger partial charge >= 0.3 is 5.97 Å². The third-order valence-electron chi connectivity index (χ3n) is 5.70. The maximum atomic E-state index is 11.4. The Morgan fingerprint density at radius 3 is 2.55 bits per heavy atom. The van der Waals surface area contributed by atoms with Gasteiger partial charge in [0.25, 0.3) is 0 Å². The highest BCUT2D eigenvalue weighted by atomic mass is 16.7. The van der Waals surface area contributed by atoms with E-state index >= 15 is 0 Å². The van der Waals surface area contributed by atoms with Crippen molar-refractivity contribution in [3.63, 3.8) is 0 Å². The van der Waals surface area contributed by atoms with Crippen molar-refractivity contribution in [3.8, 4) is 5.75 Å². The minimum absolute atomic E-state index is 0.0936. The number of carboxylic acid groups (broad SMARTS) is 1. The number of aliphatic carboxylic acids is 1. The fourth-order valence-electron chi connectivity index (χ4n) is 3.88. The average Bonchev–Trinajstić information content (AvgIpc) is 3.29. The van der Waals surface area contributed by atoms with Crippen molar-refractivity contribution < 1.29 is 39.4 Å². The fourth-order valence-corrected chi connectivity index (χ4v) is 3.88. The molecule has 184 valence electrons. The Morgan fingerprint density at radius 2 is 1.91 bits per heavy atom. The van der Waals surface area contributed by atoms with Gasteiger partial charge in [-0.1, -0.05) is 24.3 Å². The van der Waals surface area contributed by atoms with Crippen molar-refractivity contribution in [3.05, 3.63) is 35.9 Å². The number of aliphatic hydroxyl groups excluding tert-OH is 3. The van der Waals surface area contributed by atoms with Crippen LogP contribution >= 0.6 is 0 Å². The van der Waals surface area contributed by atoms with Gasteiger partial charge in [0.15, 0.2) is 12.4 Å². The molecule has 9 nitrogen and oxygen atoms in total. The molecule has 1 aromatic rings. The van der Waals surface area contributed by atoms with E-state index in [0.717, 1.165) is 24.8 Å². The van der Waals surface area contributed by atoms with Gasteiger partial charge in [0.05, 0.1) is 0 Å². The number of carbonyl (C=O) groups is 1. The lowest BCUT2D eigenvalue weighted by Crippen LogP contribution is -2.61. The number of allylic oxidation sites excluding steroid dienone is 2. The van der Waals surface area contributed by atoms with Crippen LogP contribution in [0.1, 0.15) is 45.6 Å². The van der Waals surface area contributed by atoms with E-state index in [-0.39, 0.29) is 12.1 Å². The summed E-state index contributed by atoms with van der Waals surface area (Å²) in [5, 5.41) is 42.9. The summed E-state index contributed by atoms with van der Waals surface area (Å²) < 4.78 is 17.3. The maximum Gasteiger partial charge on any atom is 0.335 e. The number of rotatable bonds is 9. The summed E-state index contributed by atoms with van der Waals surface area (Å²) in [5.74, 6) is -0.750. The minimum atomic E-state index is -1.77. The zero-order valence-corrected chi connectivity index (χ0v) is 19.3. The molecule has 0 amide bonds. The highest BCUT2D eigenvalue weighted by Crippen LogP contribution is 2.34. The minimum Gasteiger partial charge on any atom is -0.490 e. The van der Waals surface area contributed by atoms with E-state index in [1.807, 2.05) is 45.0 Å². The maximum absolute atomic E-state index is 11.4. The molecular weight excluding hydrogens is 430 g/mol. The molecule has 0 unspecified atom stereocenters. The first-order valence-corrected chi connectivity index (χ1v) is 11.3. The SMILES string of the molecule is CC(C)(C)NC[C@H](COc1ccccc1C1=CCCC1)O[C@H]1O[C@H](C(=O)O)[C@@H](O)[C@H](O)[C@H]1O. The Morgan fingerprint density at radius 1 is 1.18 bits per heavy atom. The molecular formula is C24H35NO8. The van der Waals surface area contributed by atoms with Crippen LogP contribution in [0.25, 0.3) is 5.57 Å². The van der Waals surface area contributed by atoms with Gasteiger partial charge in [-0.15, -0.1) is 0 Å². The van der Waals surface area contributed by atoms with Crippen molar-refractivity contribution in [1.29, 1.82) is 0 Å². The lowest BCUT2D eigenvalue weighted by atomic mass is 9.99. The Balaban J connectivity index is 1.73. The molecule has 1 aliphatic carbocycles. The number of carboxylic acids is 1. The Hall–Kier alpha value is -2.01. The lowest BCUT2D eigenvalue weighted by Gasteiger charge is -2.40. The first kappa shape index (κ1) is 25.6. The Kier molecular flexibility index (Phi) is 8.49. The van der Waals surface area contributed by atoms with Crippen LogP contribution in [-0.2, 0) is 14.3 Å². The summed E-state index contributed by atoms with van der Waals surface area (Å²) >= 11 is 0. The van der Waals surface area contributed by atoms with Crippen LogP contribution in [0.3, 0.4) is 0 Å². The summed E-state index contributed by atoms with van der Waals surface area (Å²) in [6.07, 6.45) is -3.58. The number of benzene rings is 1. The quantitative estimate of drug-likeness (QED) is 0.365. The summed E-state index contributed by atoms with van der Waals surface area (Å²) in [6, 6.07) is 7.75. The van der Waals surface area contributed by atoms with Gasteiger partial charge in [-0.25, -0.2) is 4.79 Å². The molecule has 0 radical (unpaired) electrons. The Labute approximate surface area is 194 Å². The smallest absolute Gasteiger partial charge is 0.335 e. The third-order valence-corrected chi connectivity index (χ3v) is 5.70. The molecule has 1 aliphatic heterocycles. The highest BCUT2D eigenvalue weighted by Gasteiger charge is 2.48. The number of aliphatic hydroxyl groups is 3. The zero-order valence-electron chi connectivity index (χ0n) is 19.3. The molecule has 9 heteroatoms. The van der Waals surface area contributed by atoms with E-state index in [9.17, 15) is 25.2 Å². The number of hydrogen-bond acceptors (Lipinski definition) is 8. The van der Waals surface area contributed by atoms with Gasteiger partial charge in [0.1, 0.15) is 36.8 Å². The van der Waals surface area contributed by atoms with Gasteiger partial charge in [-0.3, -0.25) is 0 Å². The summed E-state index contributed by atoms with van der Waals surface area (Å²) in [4.78, 5) is 11.4. The molecule has 1 fully saturated rings. The number of para-hydroxylation sites is 1. The molecule has 0 saturated carbocycles. The first-order chi connectivity index (χ1) is 15.6. The Bertz CT molecular complexity index is 836. The van der Waals surface area contributed by atoms with Gasteiger partial charge in [0.2, 0.25) is 0 Å². The van der Waals surface area contributed by atoms with Crippen molar-refractivity contribution >= 4 is 11.5 Å². The first-order valence-electron chi connectivity index (χ1n) is 11.3. The number of hydrogen-bond donors (Lipinski definition) is 5. The lowest BCUT2D eigenvalue weighted by molar-refractivity contribution is -0.305. The second-order valence-electron chi connectivity index (χ2n) is 9.55. The van der Waals surface area contributed by atoms with Crippen molar-refractivity contribution in [2.45, 2.75) is 82.4 Å². The van der Waals surface area contributed by atoms with Crippen LogP contribution in [0.5, 0.6) is 5.75 Å². The van der Waals surface area contributed by atoms with Crippen molar-refractivity contribution in [2.75, 3.05) is 13.2 Å². The molecule has 1 saturated heterocycles.